The number of rotatable bonds is 4. The largest absolute Gasteiger partial charge is 0.480 e. The zero-order valence-corrected chi connectivity index (χ0v) is 11.3. The first kappa shape index (κ1) is 13.7. The molecule has 5 heteroatoms. The summed E-state index contributed by atoms with van der Waals surface area (Å²) in [6.07, 6.45) is 0.879. The van der Waals surface area contributed by atoms with E-state index in [0.717, 1.165) is 11.3 Å². The Morgan fingerprint density at radius 3 is 2.41 bits per heavy atom. The number of hydrogen-bond acceptors (Lipinski definition) is 3. The van der Waals surface area contributed by atoms with Crippen molar-refractivity contribution in [2.24, 2.45) is 0 Å². The van der Waals surface area contributed by atoms with Crippen molar-refractivity contribution in [3.8, 4) is 0 Å². The van der Waals surface area contributed by atoms with Gasteiger partial charge in [0.15, 0.2) is 0 Å². The summed E-state index contributed by atoms with van der Waals surface area (Å²) in [4.78, 5) is 26.1. The molecule has 0 aliphatic heterocycles. The van der Waals surface area contributed by atoms with Gasteiger partial charge in [0.25, 0.3) is 5.91 Å². The van der Waals surface area contributed by atoms with Crippen molar-refractivity contribution < 1.29 is 14.7 Å². The van der Waals surface area contributed by atoms with E-state index in [4.69, 9.17) is 5.11 Å². The predicted molar refractivity (Wildman–Crippen MR) is 67.5 cm³/mol. The summed E-state index contributed by atoms with van der Waals surface area (Å²) >= 11 is 1.41. The molecular weight excluding hydrogens is 238 g/mol. The first-order valence-electron chi connectivity index (χ1n) is 5.41. The second kappa shape index (κ2) is 4.87. The van der Waals surface area contributed by atoms with Gasteiger partial charge in [-0.1, -0.05) is 6.92 Å². The van der Waals surface area contributed by atoms with E-state index < -0.39 is 11.5 Å². The molecular formula is C12H17NO3S. The third kappa shape index (κ3) is 2.66. The Kier molecular flexibility index (Phi) is 3.93. The van der Waals surface area contributed by atoms with Gasteiger partial charge in [-0.05, 0) is 32.4 Å². The third-order valence-corrected chi connectivity index (χ3v) is 4.10. The molecule has 0 unspecified atom stereocenters. The lowest BCUT2D eigenvalue weighted by Gasteiger charge is -2.31. The predicted octanol–water partition coefficient (Wildman–Crippen LogP) is 2.25. The van der Waals surface area contributed by atoms with E-state index in [9.17, 15) is 9.59 Å². The van der Waals surface area contributed by atoms with Crippen molar-refractivity contribution in [2.45, 2.75) is 32.7 Å². The molecule has 0 saturated carbocycles. The number of carboxylic acid groups (broad SMARTS) is 1. The molecule has 0 aliphatic rings. The minimum Gasteiger partial charge on any atom is -0.480 e. The van der Waals surface area contributed by atoms with Crippen LogP contribution in [-0.2, 0) is 11.2 Å². The van der Waals surface area contributed by atoms with Crippen LogP contribution in [0.5, 0.6) is 0 Å². The van der Waals surface area contributed by atoms with Gasteiger partial charge in [0, 0.05) is 11.9 Å². The molecule has 0 fully saturated rings. The summed E-state index contributed by atoms with van der Waals surface area (Å²) in [7, 11) is 1.52. The van der Waals surface area contributed by atoms with Crippen molar-refractivity contribution in [1.82, 2.24) is 4.90 Å². The van der Waals surface area contributed by atoms with Crippen LogP contribution in [0, 0.1) is 0 Å². The molecule has 0 radical (unpaired) electrons. The lowest BCUT2D eigenvalue weighted by Crippen LogP contribution is -2.50. The van der Waals surface area contributed by atoms with E-state index >= 15 is 0 Å². The van der Waals surface area contributed by atoms with Crippen LogP contribution in [0.4, 0.5) is 0 Å². The number of likely N-dealkylation sites (N-methyl/N-ethyl adjacent to an activating group) is 1. The van der Waals surface area contributed by atoms with E-state index in [2.05, 4.69) is 0 Å². The minimum atomic E-state index is -1.20. The summed E-state index contributed by atoms with van der Waals surface area (Å²) < 4.78 is 0. The molecule has 1 aromatic heterocycles. The highest BCUT2D eigenvalue weighted by Gasteiger charge is 2.35. The summed E-state index contributed by atoms with van der Waals surface area (Å²) in [6.45, 7) is 5.05. The second-order valence-electron chi connectivity index (χ2n) is 4.35. The van der Waals surface area contributed by atoms with Gasteiger partial charge in [-0.25, -0.2) is 4.79 Å². The number of hydrogen-bond donors (Lipinski definition) is 1. The van der Waals surface area contributed by atoms with Crippen LogP contribution in [0.2, 0.25) is 0 Å². The monoisotopic (exact) mass is 255 g/mol. The molecule has 0 saturated heterocycles. The normalized spacial score (nSPS) is 11.3. The number of aryl methyl sites for hydroxylation is 1. The Morgan fingerprint density at radius 2 is 2.00 bits per heavy atom. The maximum atomic E-state index is 12.1. The molecule has 0 aliphatic carbocycles. The molecule has 1 N–H and O–H groups in total. The number of nitrogens with zero attached hydrogens (tertiary/aromatic N) is 1. The molecule has 94 valence electrons. The number of thiophene rings is 1. The number of carbonyl (C=O) groups is 2. The Labute approximate surface area is 105 Å². The molecule has 1 aromatic rings. The summed E-state index contributed by atoms with van der Waals surface area (Å²) in [5.74, 6) is -1.26. The maximum Gasteiger partial charge on any atom is 0.329 e. The van der Waals surface area contributed by atoms with Crippen molar-refractivity contribution in [3.05, 3.63) is 21.9 Å². The van der Waals surface area contributed by atoms with Crippen molar-refractivity contribution in [3.63, 3.8) is 0 Å². The maximum absolute atomic E-state index is 12.1. The molecule has 0 spiro atoms. The molecule has 0 bridgehead atoms. The fourth-order valence-electron chi connectivity index (χ4n) is 1.25. The van der Waals surface area contributed by atoms with E-state index in [-0.39, 0.29) is 5.91 Å². The van der Waals surface area contributed by atoms with Crippen molar-refractivity contribution in [2.75, 3.05) is 7.05 Å². The van der Waals surface area contributed by atoms with Crippen LogP contribution in [0.25, 0.3) is 0 Å². The molecule has 4 nitrogen and oxygen atoms in total. The van der Waals surface area contributed by atoms with Crippen LogP contribution in [0.15, 0.2) is 12.1 Å². The second-order valence-corrected chi connectivity index (χ2v) is 5.52. The Hall–Kier alpha value is -1.36. The van der Waals surface area contributed by atoms with Gasteiger partial charge in [0.2, 0.25) is 0 Å². The van der Waals surface area contributed by atoms with Gasteiger partial charge < -0.3 is 10.0 Å². The van der Waals surface area contributed by atoms with Crippen molar-refractivity contribution >= 4 is 23.2 Å². The quantitative estimate of drug-likeness (QED) is 0.897. The standard InChI is InChI=1S/C12H17NO3S/c1-5-8-6-7-9(17-8)10(14)13(4)12(2,3)11(15)16/h6-7H,5H2,1-4H3,(H,15,16). The summed E-state index contributed by atoms with van der Waals surface area (Å²) in [5.41, 5.74) is -1.20. The molecule has 1 heterocycles. The lowest BCUT2D eigenvalue weighted by molar-refractivity contribution is -0.147. The van der Waals surface area contributed by atoms with E-state index in [1.54, 1.807) is 6.07 Å². The van der Waals surface area contributed by atoms with Gasteiger partial charge in [0.1, 0.15) is 5.54 Å². The molecule has 1 rings (SSSR count). The number of carbonyl (C=O) groups excluding carboxylic acids is 1. The lowest BCUT2D eigenvalue weighted by atomic mass is 10.0. The van der Waals surface area contributed by atoms with Crippen molar-refractivity contribution in [1.29, 1.82) is 0 Å². The smallest absolute Gasteiger partial charge is 0.329 e. The fourth-order valence-corrected chi connectivity index (χ4v) is 2.17. The summed E-state index contributed by atoms with van der Waals surface area (Å²) in [5, 5.41) is 9.07. The van der Waals surface area contributed by atoms with Crippen LogP contribution >= 0.6 is 11.3 Å². The molecule has 0 atom stereocenters. The third-order valence-electron chi connectivity index (χ3n) is 2.89. The van der Waals surface area contributed by atoms with E-state index in [0.29, 0.717) is 4.88 Å². The fraction of sp³-hybridized carbons (Fsp3) is 0.500. The van der Waals surface area contributed by atoms with Crippen LogP contribution in [0.1, 0.15) is 35.3 Å². The van der Waals surface area contributed by atoms with Gasteiger partial charge in [-0.2, -0.15) is 0 Å². The number of amides is 1. The molecule has 17 heavy (non-hydrogen) atoms. The first-order chi connectivity index (χ1) is 7.80. The van der Waals surface area contributed by atoms with Gasteiger partial charge in [0.05, 0.1) is 4.88 Å². The van der Waals surface area contributed by atoms with E-state index in [1.165, 1.54) is 37.1 Å². The highest BCUT2D eigenvalue weighted by molar-refractivity contribution is 7.14. The minimum absolute atomic E-state index is 0.248. The first-order valence-corrected chi connectivity index (χ1v) is 6.22. The average molecular weight is 255 g/mol. The Morgan fingerprint density at radius 1 is 1.41 bits per heavy atom. The Balaban J connectivity index is 2.94. The Bertz CT molecular complexity index is 437. The number of aliphatic carboxylic acids is 1. The highest BCUT2D eigenvalue weighted by atomic mass is 32.1. The SMILES string of the molecule is CCc1ccc(C(=O)N(C)C(C)(C)C(=O)O)s1. The molecule has 0 aromatic carbocycles. The van der Waals surface area contributed by atoms with E-state index in [1.807, 2.05) is 13.0 Å². The zero-order valence-electron chi connectivity index (χ0n) is 10.5. The molecule has 1 amide bonds. The summed E-state index contributed by atoms with van der Waals surface area (Å²) in [6, 6.07) is 3.65. The topological polar surface area (TPSA) is 57.6 Å². The average Bonchev–Trinajstić information content (AvgIpc) is 2.75. The number of carboxylic acids is 1. The van der Waals surface area contributed by atoms with Crippen LogP contribution in [0.3, 0.4) is 0 Å². The zero-order chi connectivity index (χ0) is 13.2. The van der Waals surface area contributed by atoms with Crippen LogP contribution in [-0.4, -0.2) is 34.5 Å². The van der Waals surface area contributed by atoms with Gasteiger partial charge >= 0.3 is 5.97 Å². The highest BCUT2D eigenvalue weighted by Crippen LogP contribution is 2.22. The van der Waals surface area contributed by atoms with Gasteiger partial charge in [-0.15, -0.1) is 11.3 Å². The van der Waals surface area contributed by atoms with Gasteiger partial charge in [-0.3, -0.25) is 4.79 Å². The van der Waals surface area contributed by atoms with Crippen LogP contribution < -0.4 is 0 Å².